The average Bonchev–Trinajstić information content (AvgIpc) is 2.38. The van der Waals surface area contributed by atoms with Crippen molar-refractivity contribution in [1.82, 2.24) is 5.32 Å². The van der Waals surface area contributed by atoms with Crippen LogP contribution in [0.1, 0.15) is 79.6 Å². The van der Waals surface area contributed by atoms with Crippen molar-refractivity contribution in [2.45, 2.75) is 91.6 Å². The van der Waals surface area contributed by atoms with Crippen molar-refractivity contribution in [3.63, 3.8) is 0 Å². The molecule has 1 heteroatoms. The molecule has 1 N–H and O–H groups in total. The third-order valence-corrected chi connectivity index (χ3v) is 6.13. The van der Waals surface area contributed by atoms with Crippen LogP contribution in [0.2, 0.25) is 0 Å². The van der Waals surface area contributed by atoms with Crippen LogP contribution in [0.5, 0.6) is 0 Å². The van der Waals surface area contributed by atoms with Gasteiger partial charge in [0, 0.05) is 12.1 Å². The van der Waals surface area contributed by atoms with Gasteiger partial charge in [-0.25, -0.2) is 0 Å². The Kier molecular flexibility index (Phi) is 5.95. The minimum absolute atomic E-state index is 0.781. The molecule has 2 fully saturated rings. The molecule has 0 bridgehead atoms. The summed E-state index contributed by atoms with van der Waals surface area (Å²) in [5, 5.41) is 4.15. The van der Waals surface area contributed by atoms with E-state index in [4.69, 9.17) is 0 Å². The summed E-state index contributed by atoms with van der Waals surface area (Å²) < 4.78 is 0. The Balaban J connectivity index is 2.00. The molecule has 2 rings (SSSR count). The van der Waals surface area contributed by atoms with Crippen LogP contribution in [-0.2, 0) is 0 Å². The summed E-state index contributed by atoms with van der Waals surface area (Å²) in [6.45, 7) is 12.2. The zero-order valence-electron chi connectivity index (χ0n) is 14.5. The zero-order chi connectivity index (χ0) is 14.7. The van der Waals surface area contributed by atoms with Gasteiger partial charge in [0.15, 0.2) is 0 Å². The molecule has 5 unspecified atom stereocenters. The van der Waals surface area contributed by atoms with E-state index in [9.17, 15) is 0 Å². The summed E-state index contributed by atoms with van der Waals surface area (Å²) in [4.78, 5) is 0. The lowest BCUT2D eigenvalue weighted by Gasteiger charge is -2.43. The summed E-state index contributed by atoms with van der Waals surface area (Å²) in [5.74, 6) is 4.41. The smallest absolute Gasteiger partial charge is 0.0103 e. The van der Waals surface area contributed by atoms with E-state index in [-0.39, 0.29) is 0 Å². The maximum atomic E-state index is 4.15. The summed E-state index contributed by atoms with van der Waals surface area (Å²) in [7, 11) is 0. The molecule has 0 amide bonds. The number of hydrogen-bond acceptors (Lipinski definition) is 1. The number of hydrogen-bond donors (Lipinski definition) is 1. The van der Waals surface area contributed by atoms with Gasteiger partial charge in [0.25, 0.3) is 0 Å². The first kappa shape index (κ1) is 16.3. The van der Waals surface area contributed by atoms with E-state index < -0.39 is 0 Å². The summed E-state index contributed by atoms with van der Waals surface area (Å²) >= 11 is 0. The number of nitrogens with one attached hydrogen (secondary N) is 1. The molecule has 118 valence electrons. The third-order valence-electron chi connectivity index (χ3n) is 6.13. The minimum Gasteiger partial charge on any atom is -0.311 e. The Bertz CT molecular complexity index is 283. The molecule has 0 spiro atoms. The van der Waals surface area contributed by atoms with Crippen LogP contribution in [0.4, 0.5) is 0 Å². The van der Waals surface area contributed by atoms with Crippen LogP contribution >= 0.6 is 0 Å². The Morgan fingerprint density at radius 2 is 1.35 bits per heavy atom. The fourth-order valence-corrected chi connectivity index (χ4v) is 4.83. The Morgan fingerprint density at radius 3 is 2.00 bits per heavy atom. The third kappa shape index (κ3) is 4.00. The van der Waals surface area contributed by atoms with E-state index in [2.05, 4.69) is 39.9 Å². The van der Waals surface area contributed by atoms with Crippen molar-refractivity contribution in [2.75, 3.05) is 0 Å². The predicted octanol–water partition coefficient (Wildman–Crippen LogP) is 5.25. The molecular formula is C19H37N. The highest BCUT2D eigenvalue weighted by Gasteiger charge is 2.35. The first-order valence-corrected chi connectivity index (χ1v) is 9.25. The van der Waals surface area contributed by atoms with Crippen molar-refractivity contribution in [1.29, 1.82) is 0 Å². The standard InChI is InChI=1S/C19H37N/c1-13(2)16-8-6-7-9-18(16)20-19-12-15(5)10-11-17(19)14(3)4/h13-20H,6-12H2,1-5H3. The molecule has 20 heavy (non-hydrogen) atoms. The molecule has 5 atom stereocenters. The van der Waals surface area contributed by atoms with Gasteiger partial charge in [0.1, 0.15) is 0 Å². The van der Waals surface area contributed by atoms with Gasteiger partial charge in [0.05, 0.1) is 0 Å². The number of rotatable bonds is 4. The minimum atomic E-state index is 0.781. The maximum absolute atomic E-state index is 4.15. The van der Waals surface area contributed by atoms with Crippen molar-refractivity contribution in [3.8, 4) is 0 Å². The second kappa shape index (κ2) is 7.29. The van der Waals surface area contributed by atoms with Gasteiger partial charge in [0.2, 0.25) is 0 Å². The largest absolute Gasteiger partial charge is 0.311 e. The molecule has 0 heterocycles. The SMILES string of the molecule is CC1CCC(C(C)C)C(NC2CCCCC2C(C)C)C1. The molecule has 1 nitrogen and oxygen atoms in total. The summed E-state index contributed by atoms with van der Waals surface area (Å²) in [5.41, 5.74) is 0. The molecule has 0 aromatic rings. The van der Waals surface area contributed by atoms with E-state index >= 15 is 0 Å². The molecule has 0 aliphatic heterocycles. The topological polar surface area (TPSA) is 12.0 Å². The monoisotopic (exact) mass is 279 g/mol. The maximum Gasteiger partial charge on any atom is 0.0103 e. The lowest BCUT2D eigenvalue weighted by Crippen LogP contribution is -2.51. The van der Waals surface area contributed by atoms with E-state index in [0.717, 1.165) is 41.7 Å². The second-order valence-electron chi connectivity index (χ2n) is 8.40. The molecule has 0 saturated heterocycles. The van der Waals surface area contributed by atoms with Crippen molar-refractivity contribution >= 4 is 0 Å². The van der Waals surface area contributed by atoms with Crippen LogP contribution in [0.15, 0.2) is 0 Å². The quantitative estimate of drug-likeness (QED) is 0.741. The zero-order valence-corrected chi connectivity index (χ0v) is 14.5. The lowest BCUT2D eigenvalue weighted by molar-refractivity contribution is 0.119. The fraction of sp³-hybridized carbons (Fsp3) is 1.00. The molecule has 0 radical (unpaired) electrons. The molecule has 2 aliphatic rings. The first-order chi connectivity index (χ1) is 9.49. The second-order valence-corrected chi connectivity index (χ2v) is 8.40. The van der Waals surface area contributed by atoms with E-state index in [0.29, 0.717) is 0 Å². The average molecular weight is 280 g/mol. The van der Waals surface area contributed by atoms with Gasteiger partial charge in [-0.2, -0.15) is 0 Å². The van der Waals surface area contributed by atoms with Crippen molar-refractivity contribution in [2.24, 2.45) is 29.6 Å². The summed E-state index contributed by atoms with van der Waals surface area (Å²) in [6, 6.07) is 1.57. The van der Waals surface area contributed by atoms with E-state index in [1.165, 1.54) is 44.9 Å². The van der Waals surface area contributed by atoms with Crippen LogP contribution in [-0.4, -0.2) is 12.1 Å². The van der Waals surface area contributed by atoms with Gasteiger partial charge >= 0.3 is 0 Å². The van der Waals surface area contributed by atoms with Crippen LogP contribution in [0, 0.1) is 29.6 Å². The van der Waals surface area contributed by atoms with Crippen LogP contribution in [0.25, 0.3) is 0 Å². The molecular weight excluding hydrogens is 242 g/mol. The fourth-order valence-electron chi connectivity index (χ4n) is 4.83. The Morgan fingerprint density at radius 1 is 0.750 bits per heavy atom. The van der Waals surface area contributed by atoms with Crippen LogP contribution in [0.3, 0.4) is 0 Å². The predicted molar refractivity (Wildman–Crippen MR) is 88.9 cm³/mol. The van der Waals surface area contributed by atoms with Crippen LogP contribution < -0.4 is 5.32 Å². The van der Waals surface area contributed by atoms with Gasteiger partial charge in [-0.15, -0.1) is 0 Å². The normalized spacial score (nSPS) is 39.5. The molecule has 0 aromatic carbocycles. The lowest BCUT2D eigenvalue weighted by atomic mass is 9.72. The first-order valence-electron chi connectivity index (χ1n) is 9.25. The Labute approximate surface area is 127 Å². The summed E-state index contributed by atoms with van der Waals surface area (Å²) in [6.07, 6.45) is 10.0. The van der Waals surface area contributed by atoms with Gasteiger partial charge in [-0.3, -0.25) is 0 Å². The van der Waals surface area contributed by atoms with Gasteiger partial charge in [-0.05, 0) is 55.3 Å². The van der Waals surface area contributed by atoms with Crippen molar-refractivity contribution < 1.29 is 0 Å². The van der Waals surface area contributed by atoms with Crippen molar-refractivity contribution in [3.05, 3.63) is 0 Å². The van der Waals surface area contributed by atoms with E-state index in [1.54, 1.807) is 0 Å². The highest BCUT2D eigenvalue weighted by Crippen LogP contribution is 2.36. The highest BCUT2D eigenvalue weighted by molar-refractivity contribution is 4.91. The highest BCUT2D eigenvalue weighted by atomic mass is 15.0. The Hall–Kier alpha value is -0.0400. The van der Waals surface area contributed by atoms with Gasteiger partial charge in [-0.1, -0.05) is 53.9 Å². The molecule has 2 aliphatic carbocycles. The molecule has 0 aromatic heterocycles. The molecule has 2 saturated carbocycles. The van der Waals surface area contributed by atoms with Gasteiger partial charge < -0.3 is 5.32 Å². The van der Waals surface area contributed by atoms with E-state index in [1.807, 2.05) is 0 Å².